The van der Waals surface area contributed by atoms with Crippen molar-refractivity contribution < 1.29 is 18.7 Å². The molecule has 1 saturated heterocycles. The van der Waals surface area contributed by atoms with Gasteiger partial charge in [-0.25, -0.2) is 9.79 Å². The Labute approximate surface area is 247 Å². The third-order valence-corrected chi connectivity index (χ3v) is 8.49. The lowest BCUT2D eigenvalue weighted by Crippen LogP contribution is -2.44. The minimum Gasteiger partial charge on any atom is -0.497 e. The van der Waals surface area contributed by atoms with Crippen LogP contribution in [0.4, 0.5) is 5.88 Å². The molecule has 10 heteroatoms. The highest BCUT2D eigenvalue weighted by Gasteiger charge is 2.35. The van der Waals surface area contributed by atoms with Crippen molar-refractivity contribution in [1.29, 1.82) is 0 Å². The number of ether oxygens (including phenoxy) is 2. The predicted molar refractivity (Wildman–Crippen MR) is 162 cm³/mol. The minimum atomic E-state index is -0.749. The van der Waals surface area contributed by atoms with Crippen LogP contribution in [-0.2, 0) is 9.53 Å². The Hall–Kier alpha value is -4.41. The van der Waals surface area contributed by atoms with Crippen LogP contribution in [0.5, 0.6) is 5.75 Å². The van der Waals surface area contributed by atoms with E-state index in [9.17, 15) is 9.59 Å². The zero-order valence-electron chi connectivity index (χ0n) is 23.8. The first-order valence-corrected chi connectivity index (χ1v) is 14.7. The fourth-order valence-corrected chi connectivity index (χ4v) is 6.27. The molecular weight excluding hydrogens is 552 g/mol. The molecule has 42 heavy (non-hydrogen) atoms. The number of rotatable bonds is 7. The highest BCUT2D eigenvalue weighted by Crippen LogP contribution is 2.35. The van der Waals surface area contributed by atoms with Gasteiger partial charge >= 0.3 is 5.97 Å². The lowest BCUT2D eigenvalue weighted by Gasteiger charge is -2.32. The number of benzene rings is 2. The van der Waals surface area contributed by atoms with Crippen LogP contribution in [0, 0.1) is 0 Å². The van der Waals surface area contributed by atoms with Crippen molar-refractivity contribution in [1.82, 2.24) is 9.47 Å². The van der Waals surface area contributed by atoms with Crippen molar-refractivity contribution in [2.45, 2.75) is 13.0 Å². The fourth-order valence-electron chi connectivity index (χ4n) is 5.29. The summed E-state index contributed by atoms with van der Waals surface area (Å²) in [6.07, 6.45) is 1.75. The van der Waals surface area contributed by atoms with Crippen LogP contribution >= 0.6 is 11.3 Å². The summed E-state index contributed by atoms with van der Waals surface area (Å²) < 4.78 is 19.1. The molecule has 1 fully saturated rings. The average molecular weight is 585 g/mol. The molecule has 2 aromatic carbocycles. The molecule has 0 spiro atoms. The SMILES string of the molecule is CCOC(=O)C1=C(c2ccccc2)N=c2s/c(=C\c3ccc(N4CCN(C)CC4)o3)c(=O)n2[C@@H]1c1ccc(OC)cc1. The van der Waals surface area contributed by atoms with Crippen molar-refractivity contribution in [2.75, 3.05) is 51.8 Å². The standard InChI is InChI=1S/C32H32N4O5S/c1-4-40-31(38)27-28(21-8-6-5-7-9-21)33-32-36(29(27)22-10-12-23(39-3)13-11-22)30(37)25(42-32)20-24-14-15-26(41-24)35-18-16-34(2)17-19-35/h5-15,20,29H,4,16-19H2,1-3H3/b25-20-/t29-/m1/s1. The number of nitrogens with zero attached hydrogens (tertiary/aromatic N) is 4. The first-order valence-electron chi connectivity index (χ1n) is 13.9. The van der Waals surface area contributed by atoms with Gasteiger partial charge in [-0.1, -0.05) is 53.8 Å². The van der Waals surface area contributed by atoms with Crippen molar-refractivity contribution >= 4 is 35.0 Å². The predicted octanol–water partition coefficient (Wildman–Crippen LogP) is 3.29. The van der Waals surface area contributed by atoms with E-state index in [1.807, 2.05) is 66.7 Å². The van der Waals surface area contributed by atoms with Gasteiger partial charge in [0.15, 0.2) is 10.7 Å². The van der Waals surface area contributed by atoms with Crippen molar-refractivity contribution in [3.05, 3.63) is 109 Å². The highest BCUT2D eigenvalue weighted by atomic mass is 32.1. The number of anilines is 1. The maximum Gasteiger partial charge on any atom is 0.338 e. The van der Waals surface area contributed by atoms with Crippen LogP contribution in [0.3, 0.4) is 0 Å². The highest BCUT2D eigenvalue weighted by molar-refractivity contribution is 7.07. The van der Waals surface area contributed by atoms with Crippen LogP contribution in [0.15, 0.2) is 86.5 Å². The molecule has 9 nitrogen and oxygen atoms in total. The van der Waals surface area contributed by atoms with E-state index in [4.69, 9.17) is 18.9 Å². The van der Waals surface area contributed by atoms with E-state index in [2.05, 4.69) is 16.8 Å². The Balaban J connectivity index is 1.51. The van der Waals surface area contributed by atoms with Gasteiger partial charge < -0.3 is 23.7 Å². The van der Waals surface area contributed by atoms with Crippen molar-refractivity contribution in [3.8, 4) is 5.75 Å². The quantitative estimate of drug-likeness (QED) is 0.308. The molecule has 1 atom stereocenters. The van der Waals surface area contributed by atoms with Crippen LogP contribution in [0.1, 0.15) is 29.9 Å². The van der Waals surface area contributed by atoms with Gasteiger partial charge in [-0.05, 0) is 37.7 Å². The van der Waals surface area contributed by atoms with Crippen molar-refractivity contribution in [3.63, 3.8) is 0 Å². The number of carbonyl (C=O) groups excluding carboxylic acids is 1. The van der Waals surface area contributed by atoms with Gasteiger partial charge in [-0.2, -0.15) is 0 Å². The zero-order chi connectivity index (χ0) is 29.2. The second kappa shape index (κ2) is 11.8. The number of aromatic nitrogens is 1. The minimum absolute atomic E-state index is 0.193. The molecule has 0 saturated carbocycles. The van der Waals surface area contributed by atoms with Gasteiger partial charge in [0, 0.05) is 43.9 Å². The Kier molecular flexibility index (Phi) is 7.82. The number of hydrogen-bond acceptors (Lipinski definition) is 9. The number of carbonyl (C=O) groups is 1. The molecule has 0 aliphatic carbocycles. The molecule has 0 radical (unpaired) electrons. The first-order chi connectivity index (χ1) is 20.5. The third kappa shape index (κ3) is 5.31. The lowest BCUT2D eigenvalue weighted by atomic mass is 9.93. The number of likely N-dealkylation sites (N-methyl/N-ethyl adjacent to an activating group) is 1. The average Bonchev–Trinajstić information content (AvgIpc) is 3.61. The summed E-state index contributed by atoms with van der Waals surface area (Å²) in [7, 11) is 3.71. The smallest absolute Gasteiger partial charge is 0.338 e. The van der Waals surface area contributed by atoms with E-state index >= 15 is 0 Å². The number of hydrogen-bond donors (Lipinski definition) is 0. The van der Waals surface area contributed by atoms with E-state index in [0.29, 0.717) is 32.1 Å². The summed E-state index contributed by atoms with van der Waals surface area (Å²) in [5, 5.41) is 0. The summed E-state index contributed by atoms with van der Waals surface area (Å²) in [6, 6.07) is 19.9. The molecule has 0 amide bonds. The Morgan fingerprint density at radius 2 is 1.79 bits per heavy atom. The Bertz CT molecular complexity index is 1800. The maximum atomic E-state index is 14.1. The molecule has 2 aliphatic rings. The zero-order valence-corrected chi connectivity index (χ0v) is 24.6. The summed E-state index contributed by atoms with van der Waals surface area (Å²) in [5.41, 5.74) is 2.04. The molecule has 2 aliphatic heterocycles. The largest absolute Gasteiger partial charge is 0.497 e. The number of piperazine rings is 1. The number of fused-ring (bicyclic) bond motifs is 1. The van der Waals surface area contributed by atoms with E-state index in [1.165, 1.54) is 11.3 Å². The summed E-state index contributed by atoms with van der Waals surface area (Å²) >= 11 is 1.27. The van der Waals surface area contributed by atoms with E-state index < -0.39 is 12.0 Å². The second-order valence-corrected chi connectivity index (χ2v) is 11.2. The topological polar surface area (TPSA) is 89.5 Å². The molecule has 216 valence electrons. The van der Waals surface area contributed by atoms with Gasteiger partial charge in [0.25, 0.3) is 5.56 Å². The van der Waals surface area contributed by atoms with Crippen LogP contribution in [0.25, 0.3) is 11.8 Å². The maximum absolute atomic E-state index is 14.1. The molecule has 2 aromatic heterocycles. The number of furan rings is 1. The third-order valence-electron chi connectivity index (χ3n) is 7.51. The van der Waals surface area contributed by atoms with E-state index in [0.717, 1.165) is 43.2 Å². The monoisotopic (exact) mass is 584 g/mol. The van der Waals surface area contributed by atoms with Gasteiger partial charge in [-0.15, -0.1) is 0 Å². The number of methoxy groups -OCH3 is 1. The van der Waals surface area contributed by atoms with Gasteiger partial charge in [0.1, 0.15) is 11.5 Å². The molecule has 0 N–H and O–H groups in total. The van der Waals surface area contributed by atoms with E-state index in [-0.39, 0.29) is 12.2 Å². The molecule has 0 unspecified atom stereocenters. The lowest BCUT2D eigenvalue weighted by molar-refractivity contribution is -0.138. The number of esters is 1. The number of thiazole rings is 1. The van der Waals surface area contributed by atoms with Crippen LogP contribution in [0.2, 0.25) is 0 Å². The fraction of sp³-hybridized carbons (Fsp3) is 0.281. The van der Waals surface area contributed by atoms with E-state index in [1.54, 1.807) is 24.7 Å². The molecule has 4 heterocycles. The van der Waals surface area contributed by atoms with Gasteiger partial charge in [-0.3, -0.25) is 9.36 Å². The molecular formula is C32H32N4O5S. The molecule has 4 aromatic rings. The normalized spacial score (nSPS) is 17.6. The summed E-state index contributed by atoms with van der Waals surface area (Å²) in [4.78, 5) is 37.5. The Morgan fingerprint density at radius 1 is 1.05 bits per heavy atom. The van der Waals surface area contributed by atoms with Gasteiger partial charge in [0.05, 0.1) is 35.6 Å². The van der Waals surface area contributed by atoms with Crippen LogP contribution < -0.4 is 24.5 Å². The second-order valence-electron chi connectivity index (χ2n) is 10.2. The van der Waals surface area contributed by atoms with Crippen LogP contribution in [-0.4, -0.2) is 62.4 Å². The molecule has 6 rings (SSSR count). The summed E-state index contributed by atoms with van der Waals surface area (Å²) in [5.74, 6) is 1.53. The summed E-state index contributed by atoms with van der Waals surface area (Å²) in [6.45, 7) is 5.65. The first kappa shape index (κ1) is 27.7. The molecule has 0 bridgehead atoms. The van der Waals surface area contributed by atoms with Crippen molar-refractivity contribution in [2.24, 2.45) is 4.99 Å². The van der Waals surface area contributed by atoms with Gasteiger partial charge in [0.2, 0.25) is 0 Å². The Morgan fingerprint density at radius 3 is 2.48 bits per heavy atom.